The number of aromatic nitrogens is 1. The minimum Gasteiger partial charge on any atom is -0.490 e. The second-order valence-electron chi connectivity index (χ2n) is 6.90. The molecule has 0 unspecified atom stereocenters. The summed E-state index contributed by atoms with van der Waals surface area (Å²) in [5, 5.41) is 16.4. The van der Waals surface area contributed by atoms with Crippen LogP contribution in [0.3, 0.4) is 0 Å². The van der Waals surface area contributed by atoms with E-state index >= 15 is 0 Å². The molecule has 0 aliphatic carbocycles. The van der Waals surface area contributed by atoms with Gasteiger partial charge in [0.05, 0.1) is 12.0 Å². The number of rotatable bonds is 7. The fourth-order valence-corrected chi connectivity index (χ4v) is 2.95. The van der Waals surface area contributed by atoms with Crippen LogP contribution in [0, 0.1) is 17.0 Å². The molecule has 2 amide bonds. The molecule has 0 aliphatic heterocycles. The van der Waals surface area contributed by atoms with E-state index in [1.165, 1.54) is 48.1 Å². The first-order valence-corrected chi connectivity index (χ1v) is 9.47. The Bertz CT molecular complexity index is 1230. The molecule has 10 nitrogen and oxygen atoms in total. The van der Waals surface area contributed by atoms with Crippen LogP contribution in [0.4, 0.5) is 17.1 Å². The van der Waals surface area contributed by atoms with Gasteiger partial charge in [0.25, 0.3) is 11.5 Å². The zero-order chi connectivity index (χ0) is 23.3. The van der Waals surface area contributed by atoms with Gasteiger partial charge in [0.15, 0.2) is 5.75 Å². The number of benzene rings is 2. The van der Waals surface area contributed by atoms with E-state index in [0.717, 1.165) is 5.56 Å². The highest BCUT2D eigenvalue weighted by Crippen LogP contribution is 2.29. The molecule has 0 saturated carbocycles. The van der Waals surface area contributed by atoms with Crippen molar-refractivity contribution in [1.82, 2.24) is 4.57 Å². The molecule has 32 heavy (non-hydrogen) atoms. The summed E-state index contributed by atoms with van der Waals surface area (Å²) >= 11 is 0. The van der Waals surface area contributed by atoms with Crippen LogP contribution in [0.1, 0.15) is 15.9 Å². The van der Waals surface area contributed by atoms with Crippen LogP contribution in [0.15, 0.2) is 65.6 Å². The predicted octanol–water partition coefficient (Wildman–Crippen LogP) is 2.96. The quantitative estimate of drug-likeness (QED) is 0.432. The monoisotopic (exact) mass is 436 g/mol. The summed E-state index contributed by atoms with van der Waals surface area (Å²) in [4.78, 5) is 47.0. The molecule has 0 atom stereocenters. The molecule has 0 spiro atoms. The summed E-state index contributed by atoms with van der Waals surface area (Å²) < 4.78 is 6.24. The molecule has 2 N–H and O–H groups in total. The highest BCUT2D eigenvalue weighted by atomic mass is 16.6. The number of carbonyl (C=O) groups excluding carboxylic acids is 2. The fraction of sp³-hybridized carbons (Fsp3) is 0.136. The first-order valence-electron chi connectivity index (χ1n) is 9.47. The number of amides is 2. The van der Waals surface area contributed by atoms with Gasteiger partial charge in [-0.05, 0) is 48.9 Å². The number of pyridine rings is 1. The number of nitro benzene ring substituents is 1. The van der Waals surface area contributed by atoms with Crippen molar-refractivity contribution >= 4 is 28.9 Å². The first-order chi connectivity index (χ1) is 15.3. The van der Waals surface area contributed by atoms with Gasteiger partial charge >= 0.3 is 5.69 Å². The molecule has 0 radical (unpaired) electrons. The lowest BCUT2D eigenvalue weighted by molar-refractivity contribution is -0.385. The lowest BCUT2D eigenvalue weighted by atomic mass is 10.2. The van der Waals surface area contributed by atoms with Gasteiger partial charge in [-0.3, -0.25) is 24.5 Å². The van der Waals surface area contributed by atoms with Crippen LogP contribution in [0.5, 0.6) is 5.75 Å². The topological polar surface area (TPSA) is 133 Å². The van der Waals surface area contributed by atoms with Crippen LogP contribution in [0.25, 0.3) is 0 Å². The third-order valence-electron chi connectivity index (χ3n) is 4.51. The predicted molar refractivity (Wildman–Crippen MR) is 118 cm³/mol. The van der Waals surface area contributed by atoms with Crippen LogP contribution in [-0.4, -0.2) is 28.4 Å². The molecular weight excluding hydrogens is 416 g/mol. The van der Waals surface area contributed by atoms with Gasteiger partial charge in [0.2, 0.25) is 5.91 Å². The normalized spacial score (nSPS) is 10.3. The van der Waals surface area contributed by atoms with E-state index < -0.39 is 10.8 Å². The van der Waals surface area contributed by atoms with Crippen LogP contribution >= 0.6 is 0 Å². The van der Waals surface area contributed by atoms with E-state index in [1.807, 2.05) is 6.92 Å². The number of ether oxygens (including phenoxy) is 1. The fourth-order valence-electron chi connectivity index (χ4n) is 2.95. The number of nitro groups is 1. The maximum Gasteiger partial charge on any atom is 0.312 e. The zero-order valence-corrected chi connectivity index (χ0v) is 17.3. The summed E-state index contributed by atoms with van der Waals surface area (Å²) in [7, 11) is 1.32. The van der Waals surface area contributed by atoms with Crippen molar-refractivity contribution in [2.45, 2.75) is 13.5 Å². The van der Waals surface area contributed by atoms with Gasteiger partial charge in [-0.25, -0.2) is 0 Å². The van der Waals surface area contributed by atoms with Crippen molar-refractivity contribution in [1.29, 1.82) is 0 Å². The van der Waals surface area contributed by atoms with Crippen LogP contribution in [0.2, 0.25) is 0 Å². The number of anilines is 2. The lowest BCUT2D eigenvalue weighted by Gasteiger charge is -2.10. The Morgan fingerprint density at radius 3 is 2.38 bits per heavy atom. The van der Waals surface area contributed by atoms with E-state index in [9.17, 15) is 24.5 Å². The largest absolute Gasteiger partial charge is 0.490 e. The van der Waals surface area contributed by atoms with Gasteiger partial charge in [-0.1, -0.05) is 6.07 Å². The Balaban J connectivity index is 1.65. The van der Waals surface area contributed by atoms with E-state index in [-0.39, 0.29) is 40.7 Å². The number of carbonyl (C=O) groups is 2. The summed E-state index contributed by atoms with van der Waals surface area (Å²) in [6.45, 7) is 1.68. The summed E-state index contributed by atoms with van der Waals surface area (Å²) in [6.07, 6.45) is 1.60. The average molecular weight is 436 g/mol. The third kappa shape index (κ3) is 5.36. The standard InChI is InChI=1S/C22H20N4O6/c1-14-3-10-21(28)25(12-14)13-20(27)23-16-6-4-15(5-7-16)22(29)24-17-8-9-19(32-2)18(11-17)26(30)31/h3-12H,13H2,1-2H3,(H,23,27)(H,24,29). The van der Waals surface area contributed by atoms with Crippen molar-refractivity contribution in [3.63, 3.8) is 0 Å². The second kappa shape index (κ2) is 9.56. The van der Waals surface area contributed by atoms with Gasteiger partial charge in [-0.15, -0.1) is 0 Å². The van der Waals surface area contributed by atoms with Crippen molar-refractivity contribution in [2.24, 2.45) is 0 Å². The number of hydrogen-bond donors (Lipinski definition) is 2. The molecular formula is C22H20N4O6. The van der Waals surface area contributed by atoms with Gasteiger partial charge in [0, 0.05) is 35.3 Å². The van der Waals surface area contributed by atoms with Crippen molar-refractivity contribution in [2.75, 3.05) is 17.7 Å². The van der Waals surface area contributed by atoms with E-state index in [0.29, 0.717) is 5.69 Å². The van der Waals surface area contributed by atoms with Gasteiger partial charge in [0.1, 0.15) is 6.54 Å². The van der Waals surface area contributed by atoms with Gasteiger partial charge in [-0.2, -0.15) is 0 Å². The Morgan fingerprint density at radius 2 is 1.72 bits per heavy atom. The summed E-state index contributed by atoms with van der Waals surface area (Å²) in [5.41, 5.74) is 1.29. The molecule has 0 fully saturated rings. The minimum atomic E-state index is -0.600. The molecule has 1 aromatic heterocycles. The molecule has 1 heterocycles. The van der Waals surface area contributed by atoms with E-state index in [2.05, 4.69) is 10.6 Å². The highest BCUT2D eigenvalue weighted by molar-refractivity contribution is 6.04. The average Bonchev–Trinajstić information content (AvgIpc) is 2.76. The molecule has 0 aliphatic rings. The van der Waals surface area contributed by atoms with Crippen molar-refractivity contribution < 1.29 is 19.2 Å². The molecule has 3 rings (SSSR count). The Labute approximate surface area is 182 Å². The smallest absolute Gasteiger partial charge is 0.312 e. The SMILES string of the molecule is COc1ccc(NC(=O)c2ccc(NC(=O)Cn3cc(C)ccc3=O)cc2)cc1[N+](=O)[O-]. The molecule has 10 heteroatoms. The zero-order valence-electron chi connectivity index (χ0n) is 17.3. The second-order valence-corrected chi connectivity index (χ2v) is 6.90. The van der Waals surface area contributed by atoms with Crippen molar-refractivity contribution in [3.05, 3.63) is 92.4 Å². The lowest BCUT2D eigenvalue weighted by Crippen LogP contribution is -2.26. The maximum absolute atomic E-state index is 12.5. The van der Waals surface area contributed by atoms with E-state index in [1.54, 1.807) is 24.4 Å². The molecule has 3 aromatic rings. The number of methoxy groups -OCH3 is 1. The van der Waals surface area contributed by atoms with Gasteiger partial charge < -0.3 is 19.9 Å². The minimum absolute atomic E-state index is 0.0843. The summed E-state index contributed by atoms with van der Waals surface area (Å²) in [5.74, 6) is -0.782. The number of nitrogens with one attached hydrogen (secondary N) is 2. The summed E-state index contributed by atoms with van der Waals surface area (Å²) in [6, 6.07) is 13.3. The number of aryl methyl sites for hydroxylation is 1. The van der Waals surface area contributed by atoms with Crippen LogP contribution < -0.4 is 20.9 Å². The molecule has 2 aromatic carbocycles. The number of nitrogens with zero attached hydrogens (tertiary/aromatic N) is 2. The Morgan fingerprint density at radius 1 is 1.03 bits per heavy atom. The van der Waals surface area contributed by atoms with Crippen molar-refractivity contribution in [3.8, 4) is 5.75 Å². The Hall–Kier alpha value is -4.47. The molecule has 164 valence electrons. The Kier molecular flexibility index (Phi) is 6.64. The van der Waals surface area contributed by atoms with E-state index in [4.69, 9.17) is 4.74 Å². The molecule has 0 saturated heterocycles. The van der Waals surface area contributed by atoms with Crippen LogP contribution in [-0.2, 0) is 11.3 Å². The highest BCUT2D eigenvalue weighted by Gasteiger charge is 2.16. The molecule has 0 bridgehead atoms. The first kappa shape index (κ1) is 22.2. The third-order valence-corrected chi connectivity index (χ3v) is 4.51. The number of hydrogen-bond acceptors (Lipinski definition) is 6. The maximum atomic E-state index is 12.5.